The summed E-state index contributed by atoms with van der Waals surface area (Å²) in [7, 11) is -5.42. The average molecular weight is 467 g/mol. The molecule has 2 rings (SSSR count). The molecule has 0 radical (unpaired) electrons. The van der Waals surface area contributed by atoms with Gasteiger partial charge in [0.1, 0.15) is 5.75 Å². The third-order valence-electron chi connectivity index (χ3n) is 3.93. The van der Waals surface area contributed by atoms with Gasteiger partial charge in [0.25, 0.3) is 10.0 Å². The van der Waals surface area contributed by atoms with Crippen molar-refractivity contribution in [2.75, 3.05) is 25.4 Å². The van der Waals surface area contributed by atoms with Crippen molar-refractivity contribution in [3.63, 3.8) is 0 Å². The van der Waals surface area contributed by atoms with E-state index in [1.54, 1.807) is 6.92 Å². The van der Waals surface area contributed by atoms with Crippen molar-refractivity contribution in [3.05, 3.63) is 48.0 Å². The second kappa shape index (κ2) is 8.82. The number of benzene rings is 2. The fraction of sp³-hybridized carbons (Fsp3) is 0.333. The van der Waals surface area contributed by atoms with E-state index in [1.807, 2.05) is 0 Å². The Morgan fingerprint density at radius 1 is 0.967 bits per heavy atom. The lowest BCUT2D eigenvalue weighted by molar-refractivity contribution is -0.137. The molecule has 2 aromatic rings. The second-order valence-corrected chi connectivity index (χ2v) is 10.3. The number of alkyl halides is 3. The third-order valence-corrected chi connectivity index (χ3v) is 7.14. The summed E-state index contributed by atoms with van der Waals surface area (Å²) in [6, 6.07) is 6.80. The number of hydrogen-bond acceptors (Lipinski definition) is 5. The van der Waals surface area contributed by atoms with E-state index in [0.717, 1.165) is 40.7 Å². The van der Waals surface area contributed by atoms with E-state index in [0.29, 0.717) is 12.5 Å². The Kier molecular flexibility index (Phi) is 7.05. The number of rotatable bonds is 8. The summed E-state index contributed by atoms with van der Waals surface area (Å²) in [4.78, 5) is -0.448. The lowest BCUT2D eigenvalue weighted by Crippen LogP contribution is -2.22. The highest BCUT2D eigenvalue weighted by Crippen LogP contribution is 2.36. The van der Waals surface area contributed by atoms with E-state index in [2.05, 4.69) is 4.72 Å². The van der Waals surface area contributed by atoms with Gasteiger partial charge in [0.05, 0.1) is 27.6 Å². The molecule has 1 N–H and O–H groups in total. The second-order valence-electron chi connectivity index (χ2n) is 6.42. The molecule has 30 heavy (non-hydrogen) atoms. The zero-order valence-corrected chi connectivity index (χ0v) is 18.0. The van der Waals surface area contributed by atoms with Crippen LogP contribution < -0.4 is 9.46 Å². The number of sulfonamides is 2. The van der Waals surface area contributed by atoms with E-state index < -0.39 is 31.8 Å². The van der Waals surface area contributed by atoms with Crippen molar-refractivity contribution in [3.8, 4) is 5.75 Å². The largest absolute Gasteiger partial charge is 0.491 e. The standard InChI is InChI=1S/C18H21F3N2O5S2/c1-4-11-28-17-10-5-13(18(19,20)21)12-16(17)22-29(24,25)14-6-8-15(9-7-14)30(26,27)23(2)3/h5-10,12,22H,4,11H2,1-3H3. The fourth-order valence-corrected chi connectivity index (χ4v) is 4.29. The lowest BCUT2D eigenvalue weighted by atomic mass is 10.2. The molecule has 0 aliphatic rings. The van der Waals surface area contributed by atoms with Crippen LogP contribution in [0, 0.1) is 0 Å². The summed E-state index contributed by atoms with van der Waals surface area (Å²) in [5, 5.41) is 0. The van der Waals surface area contributed by atoms with E-state index >= 15 is 0 Å². The van der Waals surface area contributed by atoms with Crippen molar-refractivity contribution < 1.29 is 34.7 Å². The van der Waals surface area contributed by atoms with Gasteiger partial charge in [-0.1, -0.05) is 6.92 Å². The van der Waals surface area contributed by atoms with Gasteiger partial charge in [-0.15, -0.1) is 0 Å². The molecule has 0 saturated heterocycles. The van der Waals surface area contributed by atoms with E-state index in [-0.39, 0.29) is 27.8 Å². The van der Waals surface area contributed by atoms with Gasteiger partial charge in [0, 0.05) is 14.1 Å². The number of nitrogens with zero attached hydrogens (tertiary/aromatic N) is 1. The maximum absolute atomic E-state index is 13.0. The predicted molar refractivity (Wildman–Crippen MR) is 105 cm³/mol. The molecule has 0 spiro atoms. The molecule has 0 aliphatic carbocycles. The van der Waals surface area contributed by atoms with Crippen LogP contribution in [-0.2, 0) is 26.2 Å². The van der Waals surface area contributed by atoms with Crippen molar-refractivity contribution in [2.24, 2.45) is 0 Å². The van der Waals surface area contributed by atoms with Crippen LogP contribution in [-0.4, -0.2) is 41.8 Å². The SMILES string of the molecule is CCCOc1ccc(C(F)(F)F)cc1NS(=O)(=O)c1ccc(S(=O)(=O)N(C)C)cc1. The van der Waals surface area contributed by atoms with Gasteiger partial charge in [-0.2, -0.15) is 13.2 Å². The van der Waals surface area contributed by atoms with Gasteiger partial charge >= 0.3 is 6.18 Å². The molecule has 2 aromatic carbocycles. The monoisotopic (exact) mass is 466 g/mol. The van der Waals surface area contributed by atoms with Crippen molar-refractivity contribution in [2.45, 2.75) is 29.3 Å². The molecule has 0 aromatic heterocycles. The number of halogens is 3. The minimum absolute atomic E-state index is 0.0553. The summed E-state index contributed by atoms with van der Waals surface area (Å²) < 4.78 is 97.1. The zero-order valence-electron chi connectivity index (χ0n) is 16.4. The average Bonchev–Trinajstić information content (AvgIpc) is 2.66. The Balaban J connectivity index is 2.42. The van der Waals surface area contributed by atoms with Crippen LogP contribution in [0.5, 0.6) is 5.75 Å². The van der Waals surface area contributed by atoms with Crippen molar-refractivity contribution in [1.29, 1.82) is 0 Å². The van der Waals surface area contributed by atoms with Crippen LogP contribution in [0.4, 0.5) is 18.9 Å². The van der Waals surface area contributed by atoms with E-state index in [1.165, 1.54) is 14.1 Å². The zero-order chi connectivity index (χ0) is 22.7. The molecular formula is C18H21F3N2O5S2. The highest BCUT2D eigenvalue weighted by atomic mass is 32.2. The molecule has 12 heteroatoms. The Morgan fingerprint density at radius 2 is 1.53 bits per heavy atom. The molecule has 0 bridgehead atoms. The Morgan fingerprint density at radius 3 is 2.03 bits per heavy atom. The van der Waals surface area contributed by atoms with Crippen LogP contribution >= 0.6 is 0 Å². The van der Waals surface area contributed by atoms with Gasteiger partial charge in [-0.25, -0.2) is 21.1 Å². The molecule has 0 heterocycles. The first-order chi connectivity index (χ1) is 13.8. The minimum atomic E-state index is -4.67. The topological polar surface area (TPSA) is 92.8 Å². The Hall–Kier alpha value is -2.31. The van der Waals surface area contributed by atoms with Crippen LogP contribution in [0.25, 0.3) is 0 Å². The first kappa shape index (κ1) is 24.0. The molecular weight excluding hydrogens is 445 g/mol. The van der Waals surface area contributed by atoms with Crippen LogP contribution in [0.15, 0.2) is 52.3 Å². The van der Waals surface area contributed by atoms with E-state index in [9.17, 15) is 30.0 Å². The molecule has 166 valence electrons. The molecule has 0 unspecified atom stereocenters. The highest BCUT2D eigenvalue weighted by molar-refractivity contribution is 7.92. The Bertz CT molecular complexity index is 1100. The molecule has 0 atom stereocenters. The van der Waals surface area contributed by atoms with E-state index in [4.69, 9.17) is 4.74 Å². The lowest BCUT2D eigenvalue weighted by Gasteiger charge is -2.16. The summed E-state index contributed by atoms with van der Waals surface area (Å²) in [5.74, 6) is -0.0553. The highest BCUT2D eigenvalue weighted by Gasteiger charge is 2.32. The maximum Gasteiger partial charge on any atom is 0.416 e. The first-order valence-corrected chi connectivity index (χ1v) is 11.6. The maximum atomic E-state index is 13.0. The van der Waals surface area contributed by atoms with Gasteiger partial charge < -0.3 is 4.74 Å². The summed E-state index contributed by atoms with van der Waals surface area (Å²) in [6.45, 7) is 1.97. The summed E-state index contributed by atoms with van der Waals surface area (Å²) in [5.41, 5.74) is -1.42. The molecule has 0 aliphatic heterocycles. The minimum Gasteiger partial charge on any atom is -0.491 e. The quantitative estimate of drug-likeness (QED) is 0.642. The van der Waals surface area contributed by atoms with Gasteiger partial charge in [0.2, 0.25) is 10.0 Å². The predicted octanol–water partition coefficient (Wildman–Crippen LogP) is 3.55. The summed E-state index contributed by atoms with van der Waals surface area (Å²) in [6.07, 6.45) is -4.11. The number of ether oxygens (including phenoxy) is 1. The number of anilines is 1. The summed E-state index contributed by atoms with van der Waals surface area (Å²) >= 11 is 0. The van der Waals surface area contributed by atoms with Crippen LogP contribution in [0.1, 0.15) is 18.9 Å². The molecule has 7 nitrogen and oxygen atoms in total. The van der Waals surface area contributed by atoms with Crippen LogP contribution in [0.3, 0.4) is 0 Å². The smallest absolute Gasteiger partial charge is 0.416 e. The molecule has 0 saturated carbocycles. The van der Waals surface area contributed by atoms with Crippen molar-refractivity contribution >= 4 is 25.7 Å². The molecule has 0 amide bonds. The molecule has 0 fully saturated rings. The van der Waals surface area contributed by atoms with Gasteiger partial charge in [0.15, 0.2) is 0 Å². The normalized spacial score (nSPS) is 12.8. The van der Waals surface area contributed by atoms with Gasteiger partial charge in [-0.3, -0.25) is 4.72 Å². The number of hydrogen-bond donors (Lipinski definition) is 1. The first-order valence-electron chi connectivity index (χ1n) is 8.68. The fourth-order valence-electron chi connectivity index (χ4n) is 2.33. The van der Waals surface area contributed by atoms with Gasteiger partial charge in [-0.05, 0) is 48.9 Å². The Labute approximate surface area is 173 Å². The third kappa shape index (κ3) is 5.43. The van der Waals surface area contributed by atoms with Crippen LogP contribution in [0.2, 0.25) is 0 Å². The van der Waals surface area contributed by atoms with Crippen molar-refractivity contribution in [1.82, 2.24) is 4.31 Å². The number of nitrogens with one attached hydrogen (secondary N) is 1.